The normalized spacial score (nSPS) is 11.0. The molecule has 1 heterocycles. The maximum atomic E-state index is 6.03. The van der Waals surface area contributed by atoms with Crippen molar-refractivity contribution >= 4 is 39.7 Å². The maximum absolute atomic E-state index is 6.03. The van der Waals surface area contributed by atoms with E-state index >= 15 is 0 Å². The van der Waals surface area contributed by atoms with Gasteiger partial charge in [-0.1, -0.05) is 82.1 Å². The van der Waals surface area contributed by atoms with E-state index in [-0.39, 0.29) is 0 Å². The van der Waals surface area contributed by atoms with Gasteiger partial charge in [-0.2, -0.15) is 5.10 Å². The SMILES string of the molecule is Clc1ccc(-c2cc(-c3ccccc3)nc(NN=Cc3ccc(Br)cc3)n2)cc1. The third-order valence-corrected chi connectivity index (χ3v) is 4.96. The first-order chi connectivity index (χ1) is 14.2. The largest absolute Gasteiger partial charge is 0.245 e. The highest BCUT2D eigenvalue weighted by Gasteiger charge is 2.08. The fourth-order valence-electron chi connectivity index (χ4n) is 2.74. The lowest BCUT2D eigenvalue weighted by molar-refractivity contribution is 1.13. The van der Waals surface area contributed by atoms with Crippen molar-refractivity contribution in [2.45, 2.75) is 0 Å². The number of halogens is 2. The Bertz CT molecular complexity index is 1130. The smallest absolute Gasteiger partial charge is 0.244 e. The zero-order valence-electron chi connectivity index (χ0n) is 15.3. The number of benzene rings is 3. The van der Waals surface area contributed by atoms with Crippen molar-refractivity contribution in [1.82, 2.24) is 9.97 Å². The number of rotatable bonds is 5. The summed E-state index contributed by atoms with van der Waals surface area (Å²) >= 11 is 9.45. The van der Waals surface area contributed by atoms with Crippen LogP contribution in [0.4, 0.5) is 5.95 Å². The topological polar surface area (TPSA) is 50.2 Å². The van der Waals surface area contributed by atoms with Crippen molar-refractivity contribution in [1.29, 1.82) is 0 Å². The molecule has 0 aliphatic carbocycles. The molecule has 29 heavy (non-hydrogen) atoms. The molecule has 4 aromatic rings. The standard InChI is InChI=1S/C23H16BrClN4/c24-19-10-6-16(7-11-19)15-26-29-23-27-21(17-4-2-1-3-5-17)14-22(28-23)18-8-12-20(25)13-9-18/h1-15H,(H,27,28,29). The van der Waals surface area contributed by atoms with Gasteiger partial charge in [0.25, 0.3) is 0 Å². The van der Waals surface area contributed by atoms with Crippen LogP contribution in [-0.4, -0.2) is 16.2 Å². The summed E-state index contributed by atoms with van der Waals surface area (Å²) in [5.41, 5.74) is 7.48. The molecular weight excluding hydrogens is 448 g/mol. The second kappa shape index (κ2) is 8.99. The summed E-state index contributed by atoms with van der Waals surface area (Å²) < 4.78 is 1.02. The lowest BCUT2D eigenvalue weighted by Crippen LogP contribution is -2.00. The molecule has 0 atom stereocenters. The molecular formula is C23H16BrClN4. The highest BCUT2D eigenvalue weighted by atomic mass is 79.9. The minimum atomic E-state index is 0.421. The summed E-state index contributed by atoms with van der Waals surface area (Å²) in [4.78, 5) is 9.24. The van der Waals surface area contributed by atoms with Crippen LogP contribution in [-0.2, 0) is 0 Å². The number of hydrazone groups is 1. The van der Waals surface area contributed by atoms with Crippen molar-refractivity contribution in [3.8, 4) is 22.5 Å². The predicted molar refractivity (Wildman–Crippen MR) is 123 cm³/mol. The molecule has 0 amide bonds. The van der Waals surface area contributed by atoms with Crippen LogP contribution in [0.2, 0.25) is 5.02 Å². The molecule has 1 aromatic heterocycles. The van der Waals surface area contributed by atoms with Gasteiger partial charge in [0.05, 0.1) is 17.6 Å². The third-order valence-electron chi connectivity index (χ3n) is 4.18. The van der Waals surface area contributed by atoms with Gasteiger partial charge in [0.2, 0.25) is 5.95 Å². The Kier molecular flexibility index (Phi) is 5.98. The summed E-state index contributed by atoms with van der Waals surface area (Å²) in [6.45, 7) is 0. The third kappa shape index (κ3) is 5.08. The quantitative estimate of drug-likeness (QED) is 0.265. The maximum Gasteiger partial charge on any atom is 0.244 e. The van der Waals surface area contributed by atoms with E-state index in [1.54, 1.807) is 6.21 Å². The molecule has 0 saturated heterocycles. The monoisotopic (exact) mass is 462 g/mol. The fourth-order valence-corrected chi connectivity index (χ4v) is 3.13. The molecule has 4 rings (SSSR count). The van der Waals surface area contributed by atoms with Crippen LogP contribution < -0.4 is 5.43 Å². The molecule has 0 aliphatic heterocycles. The number of anilines is 1. The second-order valence-electron chi connectivity index (χ2n) is 6.26. The summed E-state index contributed by atoms with van der Waals surface area (Å²) in [5, 5.41) is 4.97. The highest BCUT2D eigenvalue weighted by Crippen LogP contribution is 2.26. The van der Waals surface area contributed by atoms with Crippen LogP contribution in [0.1, 0.15) is 5.56 Å². The number of hydrogen-bond donors (Lipinski definition) is 1. The summed E-state index contributed by atoms with van der Waals surface area (Å²) in [5.74, 6) is 0.421. The lowest BCUT2D eigenvalue weighted by atomic mass is 10.1. The molecule has 0 bridgehead atoms. The van der Waals surface area contributed by atoms with E-state index in [1.165, 1.54) is 0 Å². The number of nitrogens with zero attached hydrogens (tertiary/aromatic N) is 3. The summed E-state index contributed by atoms with van der Waals surface area (Å²) in [6.07, 6.45) is 1.73. The van der Waals surface area contributed by atoms with Crippen LogP contribution in [0.3, 0.4) is 0 Å². The van der Waals surface area contributed by atoms with E-state index in [9.17, 15) is 0 Å². The summed E-state index contributed by atoms with van der Waals surface area (Å²) in [7, 11) is 0. The van der Waals surface area contributed by atoms with Crippen LogP contribution in [0.5, 0.6) is 0 Å². The van der Waals surface area contributed by atoms with E-state index < -0.39 is 0 Å². The average molecular weight is 464 g/mol. The Morgan fingerprint density at radius 3 is 2.07 bits per heavy atom. The number of aromatic nitrogens is 2. The average Bonchev–Trinajstić information content (AvgIpc) is 2.76. The molecule has 0 unspecified atom stereocenters. The fraction of sp³-hybridized carbons (Fsp3) is 0. The Morgan fingerprint density at radius 1 is 0.793 bits per heavy atom. The number of nitrogens with one attached hydrogen (secondary N) is 1. The van der Waals surface area contributed by atoms with Gasteiger partial charge in [-0.25, -0.2) is 15.4 Å². The highest BCUT2D eigenvalue weighted by molar-refractivity contribution is 9.10. The van der Waals surface area contributed by atoms with Crippen LogP contribution >= 0.6 is 27.5 Å². The molecule has 0 aliphatic rings. The Hall–Kier alpha value is -3.02. The molecule has 0 fully saturated rings. The van der Waals surface area contributed by atoms with Crippen molar-refractivity contribution in [2.75, 3.05) is 5.43 Å². The molecule has 0 saturated carbocycles. The predicted octanol–water partition coefficient (Wildman–Crippen LogP) is 6.67. The van der Waals surface area contributed by atoms with Crippen molar-refractivity contribution in [3.63, 3.8) is 0 Å². The molecule has 0 radical (unpaired) electrons. The van der Waals surface area contributed by atoms with E-state index in [0.717, 1.165) is 32.6 Å². The Morgan fingerprint density at radius 2 is 1.41 bits per heavy atom. The van der Waals surface area contributed by atoms with E-state index in [1.807, 2.05) is 84.9 Å². The molecule has 4 nitrogen and oxygen atoms in total. The van der Waals surface area contributed by atoms with Gasteiger partial charge in [-0.3, -0.25) is 0 Å². The van der Waals surface area contributed by atoms with Gasteiger partial charge < -0.3 is 0 Å². The molecule has 0 spiro atoms. The lowest BCUT2D eigenvalue weighted by Gasteiger charge is -2.08. The second-order valence-corrected chi connectivity index (χ2v) is 7.61. The first-order valence-electron chi connectivity index (χ1n) is 8.92. The van der Waals surface area contributed by atoms with E-state index in [0.29, 0.717) is 11.0 Å². The molecule has 142 valence electrons. The minimum Gasteiger partial charge on any atom is -0.245 e. The van der Waals surface area contributed by atoms with Gasteiger partial charge in [0.1, 0.15) is 0 Å². The van der Waals surface area contributed by atoms with E-state index in [2.05, 4.69) is 36.4 Å². The van der Waals surface area contributed by atoms with Crippen molar-refractivity contribution < 1.29 is 0 Å². The van der Waals surface area contributed by atoms with Gasteiger partial charge >= 0.3 is 0 Å². The van der Waals surface area contributed by atoms with Crippen LogP contribution in [0, 0.1) is 0 Å². The molecule has 3 aromatic carbocycles. The molecule has 6 heteroatoms. The molecule has 1 N–H and O–H groups in total. The van der Waals surface area contributed by atoms with Gasteiger partial charge in [0.15, 0.2) is 0 Å². The first-order valence-corrected chi connectivity index (χ1v) is 10.1. The van der Waals surface area contributed by atoms with Gasteiger partial charge in [-0.15, -0.1) is 0 Å². The number of hydrogen-bond acceptors (Lipinski definition) is 4. The Labute approximate surface area is 182 Å². The summed E-state index contributed by atoms with van der Waals surface area (Å²) in [6, 6.07) is 27.4. The Balaban J connectivity index is 1.67. The van der Waals surface area contributed by atoms with Crippen LogP contribution in [0.25, 0.3) is 22.5 Å². The zero-order chi connectivity index (χ0) is 20.1. The van der Waals surface area contributed by atoms with Crippen molar-refractivity contribution in [2.24, 2.45) is 5.10 Å². The van der Waals surface area contributed by atoms with E-state index in [4.69, 9.17) is 11.6 Å². The van der Waals surface area contributed by atoms with Gasteiger partial charge in [0, 0.05) is 20.6 Å². The van der Waals surface area contributed by atoms with Crippen molar-refractivity contribution in [3.05, 3.63) is 100.0 Å². The van der Waals surface area contributed by atoms with Gasteiger partial charge in [-0.05, 0) is 35.9 Å². The zero-order valence-corrected chi connectivity index (χ0v) is 17.6. The van der Waals surface area contributed by atoms with Crippen LogP contribution in [0.15, 0.2) is 94.5 Å². The minimum absolute atomic E-state index is 0.421. The first kappa shape index (κ1) is 19.3.